The van der Waals surface area contributed by atoms with Gasteiger partial charge in [-0.25, -0.2) is 0 Å². The Bertz CT molecular complexity index is 132. The Morgan fingerprint density at radius 2 is 2.18 bits per heavy atom. The lowest BCUT2D eigenvalue weighted by molar-refractivity contribution is 0.220. The Hall–Kier alpha value is -0.123. The van der Waals surface area contributed by atoms with Crippen LogP contribution >= 0.6 is 0 Å². The van der Waals surface area contributed by atoms with Crippen LogP contribution in [0.25, 0.3) is 0 Å². The topological polar surface area (TPSA) is 29.1 Å². The van der Waals surface area contributed by atoms with E-state index >= 15 is 0 Å². The first-order valence-electron chi connectivity index (χ1n) is 3.96. The van der Waals surface area contributed by atoms with Gasteiger partial charge in [-0.1, -0.05) is 25.5 Å². The van der Waals surface area contributed by atoms with Crippen molar-refractivity contribution in [1.82, 2.24) is 0 Å². The molecule has 0 saturated heterocycles. The Kier molecular flexibility index (Phi) is 4.64. The van der Waals surface area contributed by atoms with Crippen molar-refractivity contribution in [2.75, 3.05) is 6.61 Å². The summed E-state index contributed by atoms with van der Waals surface area (Å²) in [4.78, 5) is 11.5. The van der Waals surface area contributed by atoms with E-state index in [9.17, 15) is 4.80 Å². The summed E-state index contributed by atoms with van der Waals surface area (Å²) in [6.45, 7) is 9.70. The molecule has 1 unspecified atom stereocenters. The maximum Gasteiger partial charge on any atom is 0.370 e. The third-order valence-electron chi connectivity index (χ3n) is 1.33. The van der Waals surface area contributed by atoms with Crippen molar-refractivity contribution in [2.24, 2.45) is 0 Å². The molecule has 11 heavy (non-hydrogen) atoms. The van der Waals surface area contributed by atoms with Gasteiger partial charge in [0, 0.05) is 0 Å². The average Bonchev–Trinajstić information content (AvgIpc) is 1.84. The maximum absolute atomic E-state index is 11.5. The standard InChI is InChI=1S/C8H17O2Si/c1-5-6-11(4,9)10-7-8(2)3/h2,5-7H2,1,3-4H3. The summed E-state index contributed by atoms with van der Waals surface area (Å²) in [5.74, 6) is 0. The van der Waals surface area contributed by atoms with Crippen LogP contribution in [-0.2, 0) is 9.22 Å². The largest absolute Gasteiger partial charge is 0.389 e. The van der Waals surface area contributed by atoms with Crippen LogP contribution in [0, 0.1) is 0 Å². The lowest BCUT2D eigenvalue weighted by Gasteiger charge is -2.16. The van der Waals surface area contributed by atoms with Crippen LogP contribution in [0.15, 0.2) is 12.2 Å². The quantitative estimate of drug-likeness (QED) is 0.464. The highest BCUT2D eigenvalue weighted by Gasteiger charge is 2.27. The average molecular weight is 173 g/mol. The minimum Gasteiger partial charge on any atom is -0.389 e. The lowest BCUT2D eigenvalue weighted by atomic mass is 10.4. The van der Waals surface area contributed by atoms with E-state index in [1.54, 1.807) is 6.55 Å². The van der Waals surface area contributed by atoms with Crippen molar-refractivity contribution < 1.29 is 9.22 Å². The molecule has 0 amide bonds. The summed E-state index contributed by atoms with van der Waals surface area (Å²) in [6, 6.07) is 0.695. The van der Waals surface area contributed by atoms with Gasteiger partial charge in [0.15, 0.2) is 0 Å². The number of rotatable bonds is 5. The summed E-state index contributed by atoms with van der Waals surface area (Å²) in [5, 5.41) is 0. The Morgan fingerprint density at radius 1 is 1.64 bits per heavy atom. The zero-order valence-corrected chi connectivity index (χ0v) is 8.64. The molecule has 0 aromatic rings. The van der Waals surface area contributed by atoms with Crippen LogP contribution in [-0.4, -0.2) is 15.2 Å². The molecule has 0 fully saturated rings. The van der Waals surface area contributed by atoms with Gasteiger partial charge in [-0.15, -0.1) is 0 Å². The highest BCUT2D eigenvalue weighted by atomic mass is 28.4. The van der Waals surface area contributed by atoms with Crippen LogP contribution in [0.2, 0.25) is 12.6 Å². The molecule has 0 aromatic carbocycles. The van der Waals surface area contributed by atoms with Gasteiger partial charge in [-0.2, -0.15) is 0 Å². The zero-order valence-electron chi connectivity index (χ0n) is 7.64. The minimum atomic E-state index is -2.58. The third kappa shape index (κ3) is 6.28. The van der Waals surface area contributed by atoms with Crippen molar-refractivity contribution in [3.05, 3.63) is 12.2 Å². The van der Waals surface area contributed by atoms with Gasteiger partial charge in [-0.3, -0.25) is 4.80 Å². The molecule has 0 spiro atoms. The van der Waals surface area contributed by atoms with Crippen molar-refractivity contribution >= 4 is 8.56 Å². The van der Waals surface area contributed by atoms with Crippen molar-refractivity contribution in [3.63, 3.8) is 0 Å². The van der Waals surface area contributed by atoms with Crippen molar-refractivity contribution in [2.45, 2.75) is 32.9 Å². The molecule has 0 N–H and O–H groups in total. The first kappa shape index (κ1) is 10.9. The molecule has 1 radical (unpaired) electrons. The maximum atomic E-state index is 11.5. The molecule has 0 aromatic heterocycles. The van der Waals surface area contributed by atoms with Crippen molar-refractivity contribution in [1.29, 1.82) is 0 Å². The fourth-order valence-electron chi connectivity index (χ4n) is 0.802. The fraction of sp³-hybridized carbons (Fsp3) is 0.750. The highest BCUT2D eigenvalue weighted by molar-refractivity contribution is 6.64. The fourth-order valence-corrected chi connectivity index (χ4v) is 2.41. The third-order valence-corrected chi connectivity index (χ3v) is 3.49. The zero-order chi connectivity index (χ0) is 8.91. The smallest absolute Gasteiger partial charge is 0.370 e. The van der Waals surface area contributed by atoms with E-state index in [4.69, 9.17) is 4.43 Å². The number of hydrogen-bond donors (Lipinski definition) is 0. The molecule has 0 aliphatic heterocycles. The predicted octanol–water partition coefficient (Wildman–Crippen LogP) is 2.49. The molecule has 0 heterocycles. The van der Waals surface area contributed by atoms with E-state index in [0.29, 0.717) is 12.7 Å². The van der Waals surface area contributed by atoms with Crippen molar-refractivity contribution in [3.8, 4) is 0 Å². The van der Waals surface area contributed by atoms with Gasteiger partial charge < -0.3 is 4.43 Å². The van der Waals surface area contributed by atoms with E-state index in [0.717, 1.165) is 12.0 Å². The molecule has 3 heteroatoms. The lowest BCUT2D eigenvalue weighted by Crippen LogP contribution is -2.33. The SMILES string of the molecule is C=C(C)CO[Si](C)([O])CCC. The van der Waals surface area contributed by atoms with E-state index in [1.807, 2.05) is 13.8 Å². The Morgan fingerprint density at radius 3 is 2.55 bits per heavy atom. The summed E-state index contributed by atoms with van der Waals surface area (Å²) in [6.07, 6.45) is 0.919. The molecular formula is C8H17O2Si. The predicted molar refractivity (Wildman–Crippen MR) is 48.2 cm³/mol. The summed E-state index contributed by atoms with van der Waals surface area (Å²) in [7, 11) is -2.58. The van der Waals surface area contributed by atoms with Crippen LogP contribution in [0.1, 0.15) is 20.3 Å². The summed E-state index contributed by atoms with van der Waals surface area (Å²) >= 11 is 0. The van der Waals surface area contributed by atoms with Crippen LogP contribution in [0.5, 0.6) is 0 Å². The molecule has 0 aliphatic carbocycles. The van der Waals surface area contributed by atoms with E-state index in [1.165, 1.54) is 0 Å². The molecule has 0 bridgehead atoms. The summed E-state index contributed by atoms with van der Waals surface area (Å²) in [5.41, 5.74) is 0.927. The van der Waals surface area contributed by atoms with Gasteiger partial charge in [-0.05, 0) is 19.5 Å². The van der Waals surface area contributed by atoms with Gasteiger partial charge in [0.1, 0.15) is 0 Å². The van der Waals surface area contributed by atoms with Gasteiger partial charge in [0.05, 0.1) is 6.61 Å². The van der Waals surface area contributed by atoms with Crippen LogP contribution in [0.4, 0.5) is 0 Å². The normalized spacial score (nSPS) is 16.0. The molecule has 65 valence electrons. The van der Waals surface area contributed by atoms with Crippen LogP contribution < -0.4 is 0 Å². The van der Waals surface area contributed by atoms with E-state index < -0.39 is 8.56 Å². The molecule has 2 nitrogen and oxygen atoms in total. The number of hydrogen-bond acceptors (Lipinski definition) is 1. The van der Waals surface area contributed by atoms with Crippen LogP contribution in [0.3, 0.4) is 0 Å². The monoisotopic (exact) mass is 173 g/mol. The second-order valence-corrected chi connectivity index (χ2v) is 6.19. The van der Waals surface area contributed by atoms with Gasteiger partial charge >= 0.3 is 8.56 Å². The van der Waals surface area contributed by atoms with E-state index in [-0.39, 0.29) is 0 Å². The Balaban J connectivity index is 3.63. The minimum absolute atomic E-state index is 0.437. The molecule has 0 rings (SSSR count). The molecular weight excluding hydrogens is 156 g/mol. The van der Waals surface area contributed by atoms with Gasteiger partial charge in [0.2, 0.25) is 0 Å². The van der Waals surface area contributed by atoms with E-state index in [2.05, 4.69) is 6.58 Å². The summed E-state index contributed by atoms with van der Waals surface area (Å²) < 4.78 is 5.22. The molecule has 0 saturated carbocycles. The first-order valence-corrected chi connectivity index (χ1v) is 6.49. The first-order chi connectivity index (χ1) is 4.98. The molecule has 1 atom stereocenters. The van der Waals surface area contributed by atoms with Gasteiger partial charge in [0.25, 0.3) is 0 Å². The second-order valence-electron chi connectivity index (χ2n) is 3.13. The molecule has 0 aliphatic rings. The Labute approximate surface area is 70.1 Å². The second kappa shape index (κ2) is 4.69. The highest BCUT2D eigenvalue weighted by Crippen LogP contribution is 2.11.